The first-order valence-electron chi connectivity index (χ1n) is 4.72. The van der Waals surface area contributed by atoms with E-state index in [2.05, 4.69) is 5.32 Å². The van der Waals surface area contributed by atoms with Crippen LogP contribution in [0.15, 0.2) is 12.1 Å². The molecule has 0 fully saturated rings. The summed E-state index contributed by atoms with van der Waals surface area (Å²) in [4.78, 5) is 0. The fourth-order valence-corrected chi connectivity index (χ4v) is 2.14. The van der Waals surface area contributed by atoms with Crippen LogP contribution in [-0.2, 0) is 10.8 Å². The van der Waals surface area contributed by atoms with E-state index in [4.69, 9.17) is 5.73 Å². The van der Waals surface area contributed by atoms with E-state index in [1.807, 2.05) is 0 Å². The molecule has 0 spiro atoms. The smallest absolute Gasteiger partial charge is 0.183 e. The van der Waals surface area contributed by atoms with Crippen LogP contribution in [0.4, 0.5) is 20.2 Å². The fourth-order valence-electron chi connectivity index (χ4n) is 1.35. The number of nitrogens with two attached hydrogens (primary N) is 1. The summed E-state index contributed by atoms with van der Waals surface area (Å²) < 4.78 is 37.3. The van der Waals surface area contributed by atoms with Gasteiger partial charge in [0.15, 0.2) is 11.6 Å². The van der Waals surface area contributed by atoms with Crippen molar-refractivity contribution in [2.45, 2.75) is 13.0 Å². The Morgan fingerprint density at radius 2 is 2.12 bits per heavy atom. The van der Waals surface area contributed by atoms with E-state index in [9.17, 15) is 13.0 Å². The molecule has 0 aliphatic rings. The van der Waals surface area contributed by atoms with Crippen molar-refractivity contribution < 1.29 is 13.0 Å². The van der Waals surface area contributed by atoms with Gasteiger partial charge in [0.25, 0.3) is 0 Å². The van der Waals surface area contributed by atoms with Crippen molar-refractivity contribution in [2.24, 2.45) is 0 Å². The third kappa shape index (κ3) is 3.16. The van der Waals surface area contributed by atoms with Crippen LogP contribution in [0.25, 0.3) is 0 Å². The minimum absolute atomic E-state index is 0.0713. The molecular weight excluding hydrogens is 234 g/mol. The molecular formula is C10H14F2N2OS. The molecule has 1 aromatic rings. The van der Waals surface area contributed by atoms with Gasteiger partial charge in [-0.2, -0.15) is 0 Å². The van der Waals surface area contributed by atoms with E-state index in [-0.39, 0.29) is 17.4 Å². The lowest BCUT2D eigenvalue weighted by Gasteiger charge is -2.16. The fraction of sp³-hybridized carbons (Fsp3) is 0.400. The van der Waals surface area contributed by atoms with Gasteiger partial charge >= 0.3 is 0 Å². The summed E-state index contributed by atoms with van der Waals surface area (Å²) in [6.07, 6.45) is 1.55. The molecule has 0 aromatic heterocycles. The molecule has 0 saturated carbocycles. The van der Waals surface area contributed by atoms with Gasteiger partial charge in [0.1, 0.15) is 0 Å². The van der Waals surface area contributed by atoms with Crippen LogP contribution in [0.3, 0.4) is 0 Å². The summed E-state index contributed by atoms with van der Waals surface area (Å²) in [6, 6.07) is 2.01. The van der Waals surface area contributed by atoms with Gasteiger partial charge < -0.3 is 11.1 Å². The zero-order chi connectivity index (χ0) is 12.3. The third-order valence-corrected chi connectivity index (χ3v) is 2.97. The molecule has 1 rings (SSSR count). The molecule has 0 saturated heterocycles. The van der Waals surface area contributed by atoms with Crippen molar-refractivity contribution in [3.8, 4) is 0 Å². The van der Waals surface area contributed by atoms with Crippen molar-refractivity contribution in [3.63, 3.8) is 0 Å². The number of anilines is 2. The molecule has 0 bridgehead atoms. The number of benzene rings is 1. The Balaban J connectivity index is 2.88. The maximum Gasteiger partial charge on any atom is 0.183 e. The van der Waals surface area contributed by atoms with Crippen LogP contribution in [0.2, 0.25) is 0 Å². The van der Waals surface area contributed by atoms with Crippen molar-refractivity contribution in [2.75, 3.05) is 23.1 Å². The number of rotatable bonds is 4. The van der Waals surface area contributed by atoms with E-state index < -0.39 is 22.4 Å². The first-order valence-corrected chi connectivity index (χ1v) is 6.44. The quantitative estimate of drug-likeness (QED) is 0.798. The molecule has 2 atom stereocenters. The van der Waals surface area contributed by atoms with Crippen LogP contribution < -0.4 is 11.1 Å². The number of hydrogen-bond acceptors (Lipinski definition) is 3. The highest BCUT2D eigenvalue weighted by Crippen LogP contribution is 2.25. The van der Waals surface area contributed by atoms with E-state index in [0.717, 1.165) is 6.07 Å². The van der Waals surface area contributed by atoms with Crippen molar-refractivity contribution in [1.82, 2.24) is 0 Å². The number of nitrogens with one attached hydrogen (secondary N) is 1. The number of nitrogen functional groups attached to an aromatic ring is 1. The Kier molecular flexibility index (Phi) is 4.23. The summed E-state index contributed by atoms with van der Waals surface area (Å²) in [6.45, 7) is 1.73. The maximum absolute atomic E-state index is 13.4. The molecule has 0 radical (unpaired) electrons. The Bertz CT molecular complexity index is 412. The van der Waals surface area contributed by atoms with Gasteiger partial charge in [0.05, 0.1) is 11.4 Å². The van der Waals surface area contributed by atoms with Crippen molar-refractivity contribution >= 4 is 22.2 Å². The maximum atomic E-state index is 13.4. The molecule has 0 aliphatic heterocycles. The topological polar surface area (TPSA) is 55.1 Å². The first kappa shape index (κ1) is 12.9. The minimum atomic E-state index is -1.01. The Hall–Kier alpha value is -1.17. The summed E-state index contributed by atoms with van der Waals surface area (Å²) in [7, 11) is -1.01. The summed E-state index contributed by atoms with van der Waals surface area (Å²) >= 11 is 0. The Morgan fingerprint density at radius 1 is 1.50 bits per heavy atom. The minimum Gasteiger partial charge on any atom is -0.397 e. The molecule has 0 aliphatic carbocycles. The normalized spacial score (nSPS) is 14.5. The molecule has 3 N–H and O–H groups in total. The van der Waals surface area contributed by atoms with E-state index in [1.165, 1.54) is 6.07 Å². The number of halogens is 2. The highest BCUT2D eigenvalue weighted by atomic mass is 32.2. The molecule has 90 valence electrons. The zero-order valence-electron chi connectivity index (χ0n) is 9.09. The van der Waals surface area contributed by atoms with Gasteiger partial charge in [0, 0.05) is 28.9 Å². The van der Waals surface area contributed by atoms with Gasteiger partial charge in [-0.15, -0.1) is 0 Å². The summed E-state index contributed by atoms with van der Waals surface area (Å²) in [5.74, 6) is -1.62. The SMILES string of the molecule is CC(CS(C)=O)Nc1c(N)ccc(F)c1F. The number of hydrogen-bond donors (Lipinski definition) is 2. The molecule has 6 heteroatoms. The average Bonchev–Trinajstić information content (AvgIpc) is 2.17. The van der Waals surface area contributed by atoms with Crippen LogP contribution in [0.5, 0.6) is 0 Å². The van der Waals surface area contributed by atoms with Gasteiger partial charge in [-0.05, 0) is 19.1 Å². The van der Waals surface area contributed by atoms with Crippen LogP contribution in [-0.4, -0.2) is 22.3 Å². The predicted octanol–water partition coefficient (Wildman–Crippen LogP) is 1.73. The van der Waals surface area contributed by atoms with Gasteiger partial charge in [-0.25, -0.2) is 8.78 Å². The predicted molar refractivity (Wildman–Crippen MR) is 62.8 cm³/mol. The van der Waals surface area contributed by atoms with E-state index >= 15 is 0 Å². The monoisotopic (exact) mass is 248 g/mol. The van der Waals surface area contributed by atoms with Crippen LogP contribution >= 0.6 is 0 Å². The van der Waals surface area contributed by atoms with Crippen LogP contribution in [0, 0.1) is 11.6 Å². The van der Waals surface area contributed by atoms with Gasteiger partial charge in [-0.3, -0.25) is 4.21 Å². The molecule has 1 aromatic carbocycles. The first-order chi connectivity index (χ1) is 7.41. The largest absolute Gasteiger partial charge is 0.397 e. The second-order valence-corrected chi connectivity index (χ2v) is 5.09. The highest BCUT2D eigenvalue weighted by Gasteiger charge is 2.14. The molecule has 3 nitrogen and oxygen atoms in total. The molecule has 2 unspecified atom stereocenters. The third-order valence-electron chi connectivity index (χ3n) is 2.00. The second-order valence-electron chi connectivity index (χ2n) is 3.61. The zero-order valence-corrected chi connectivity index (χ0v) is 9.91. The van der Waals surface area contributed by atoms with Gasteiger partial charge in [0.2, 0.25) is 0 Å². The van der Waals surface area contributed by atoms with Crippen molar-refractivity contribution in [1.29, 1.82) is 0 Å². The standard InChI is InChI=1S/C10H14F2N2OS/c1-6(5-16(2)15)14-10-8(13)4-3-7(11)9(10)12/h3-4,6,14H,5,13H2,1-2H3. The van der Waals surface area contributed by atoms with Gasteiger partial charge in [-0.1, -0.05) is 0 Å². The molecule has 0 amide bonds. The average molecular weight is 248 g/mol. The lowest BCUT2D eigenvalue weighted by Crippen LogP contribution is -2.23. The van der Waals surface area contributed by atoms with E-state index in [1.54, 1.807) is 13.2 Å². The summed E-state index contributed by atoms with van der Waals surface area (Å²) in [5, 5.41) is 2.72. The Labute approximate surface area is 95.5 Å². The van der Waals surface area contributed by atoms with E-state index in [0.29, 0.717) is 5.75 Å². The van der Waals surface area contributed by atoms with Crippen molar-refractivity contribution in [3.05, 3.63) is 23.8 Å². The van der Waals surface area contributed by atoms with Crippen LogP contribution in [0.1, 0.15) is 6.92 Å². The Morgan fingerprint density at radius 3 is 2.69 bits per heavy atom. The highest BCUT2D eigenvalue weighted by molar-refractivity contribution is 7.84. The summed E-state index contributed by atoms with van der Waals surface area (Å²) in [5.41, 5.74) is 5.59. The lowest BCUT2D eigenvalue weighted by molar-refractivity contribution is 0.511. The molecule has 0 heterocycles. The molecule has 16 heavy (non-hydrogen) atoms. The lowest BCUT2D eigenvalue weighted by atomic mass is 10.2. The second kappa shape index (κ2) is 5.25.